The van der Waals surface area contributed by atoms with E-state index in [0.29, 0.717) is 31.5 Å². The van der Waals surface area contributed by atoms with Gasteiger partial charge in [-0.3, -0.25) is 14.6 Å². The van der Waals surface area contributed by atoms with E-state index in [0.717, 1.165) is 28.8 Å². The Morgan fingerprint density at radius 3 is 2.25 bits per heavy atom. The predicted molar refractivity (Wildman–Crippen MR) is 179 cm³/mol. The van der Waals surface area contributed by atoms with E-state index in [4.69, 9.17) is 4.74 Å². The van der Waals surface area contributed by atoms with E-state index in [1.807, 2.05) is 13.8 Å². The van der Waals surface area contributed by atoms with E-state index in [9.17, 15) is 45.6 Å². The molecule has 0 radical (unpaired) electrons. The van der Waals surface area contributed by atoms with Gasteiger partial charge in [-0.25, -0.2) is 0 Å². The number of benzene rings is 2. The Balaban J connectivity index is 1.22. The molecule has 5 rings (SSSR count). The third kappa shape index (κ3) is 9.26. The van der Waals surface area contributed by atoms with Gasteiger partial charge in [0.25, 0.3) is 11.8 Å². The summed E-state index contributed by atoms with van der Waals surface area (Å²) in [5.41, 5.74) is -0.261. The summed E-state index contributed by atoms with van der Waals surface area (Å²) in [5, 5.41) is 14.3. The Kier molecular flexibility index (Phi) is 11.2. The number of nitrogens with zero attached hydrogens (tertiary/aromatic N) is 3. The standard InChI is InChI=1S/C35H40F6N4O5S/c1-22-19-25(30(46)44-13-9-32(3,48)10-14-44)20-23(2)26(22)7-18-51(49)45-15-11-33(12-16-45)31(47)42-29(43-33)24-5-6-28(27(21-24)35(39,40)41)50-17-4-8-34(36,37)38/h5-7,18-21,48H,4,8-17H2,1-3H3,(H,42,43,47)/b18-7+. The number of likely N-dealkylation sites (tertiary alicyclic amines) is 1. The third-order valence-corrected chi connectivity index (χ3v) is 10.8. The van der Waals surface area contributed by atoms with E-state index in [2.05, 4.69) is 10.3 Å². The molecule has 1 unspecified atom stereocenters. The Morgan fingerprint density at radius 2 is 1.67 bits per heavy atom. The Morgan fingerprint density at radius 1 is 1.04 bits per heavy atom. The molecular formula is C35H40F6N4O5S. The van der Waals surface area contributed by atoms with E-state index in [-0.39, 0.29) is 43.2 Å². The predicted octanol–water partition coefficient (Wildman–Crippen LogP) is 6.08. The van der Waals surface area contributed by atoms with Crippen molar-refractivity contribution in [1.82, 2.24) is 14.5 Å². The van der Waals surface area contributed by atoms with Crippen LogP contribution in [0, 0.1) is 13.8 Å². The van der Waals surface area contributed by atoms with E-state index < -0.39 is 71.5 Å². The number of aliphatic hydroxyl groups is 1. The summed E-state index contributed by atoms with van der Waals surface area (Å²) in [4.78, 5) is 32.4. The summed E-state index contributed by atoms with van der Waals surface area (Å²) < 4.78 is 98.8. The molecule has 2 saturated heterocycles. The number of aliphatic imine (C=N–C) groups is 1. The van der Waals surface area contributed by atoms with Crippen LogP contribution in [0.4, 0.5) is 26.3 Å². The van der Waals surface area contributed by atoms with Crippen LogP contribution in [-0.4, -0.2) is 86.6 Å². The Labute approximate surface area is 295 Å². The first-order chi connectivity index (χ1) is 23.8. The molecular weight excluding hydrogens is 702 g/mol. The average Bonchev–Trinajstić information content (AvgIpc) is 3.36. The van der Waals surface area contributed by atoms with Gasteiger partial charge in [0.1, 0.15) is 22.5 Å². The molecule has 3 aliphatic heterocycles. The van der Waals surface area contributed by atoms with Gasteiger partial charge in [0.2, 0.25) is 0 Å². The molecule has 2 N–H and O–H groups in total. The van der Waals surface area contributed by atoms with Crippen molar-refractivity contribution in [1.29, 1.82) is 0 Å². The molecule has 2 amide bonds. The molecule has 0 bridgehead atoms. The molecule has 1 spiro atoms. The number of halogens is 6. The highest BCUT2D eigenvalue weighted by Crippen LogP contribution is 2.39. The van der Waals surface area contributed by atoms with Gasteiger partial charge >= 0.3 is 12.4 Å². The maximum atomic E-state index is 13.9. The summed E-state index contributed by atoms with van der Waals surface area (Å²) in [5.74, 6) is -1.29. The maximum absolute atomic E-state index is 13.9. The number of amides is 2. The second-order valence-corrected chi connectivity index (χ2v) is 14.9. The van der Waals surface area contributed by atoms with Crippen molar-refractivity contribution in [3.63, 3.8) is 0 Å². The smallest absolute Gasteiger partial charge is 0.419 e. The zero-order valence-electron chi connectivity index (χ0n) is 28.4. The van der Waals surface area contributed by atoms with Crippen molar-refractivity contribution in [2.45, 2.75) is 82.8 Å². The number of aryl methyl sites for hydroxylation is 2. The highest BCUT2D eigenvalue weighted by atomic mass is 32.2. The first-order valence-corrected chi connectivity index (χ1v) is 17.7. The normalized spacial score (nSPS) is 20.1. The molecule has 2 aromatic rings. The van der Waals surface area contributed by atoms with Gasteiger partial charge in [-0.2, -0.15) is 26.3 Å². The third-order valence-electron chi connectivity index (χ3n) is 9.52. The first-order valence-electron chi connectivity index (χ1n) is 16.6. The molecule has 2 fully saturated rings. The summed E-state index contributed by atoms with van der Waals surface area (Å²) in [6, 6.07) is 6.59. The van der Waals surface area contributed by atoms with Crippen molar-refractivity contribution in [2.24, 2.45) is 4.99 Å². The molecule has 278 valence electrons. The molecule has 3 aliphatic rings. The van der Waals surface area contributed by atoms with Crippen LogP contribution >= 0.6 is 0 Å². The van der Waals surface area contributed by atoms with Gasteiger partial charge in [-0.1, -0.05) is 0 Å². The molecule has 0 saturated carbocycles. The Bertz CT molecular complexity index is 1670. The van der Waals surface area contributed by atoms with Crippen molar-refractivity contribution < 1.29 is 50.3 Å². The lowest BCUT2D eigenvalue weighted by Crippen LogP contribution is -2.50. The van der Waals surface area contributed by atoms with Crippen molar-refractivity contribution in [3.8, 4) is 5.75 Å². The number of nitrogens with one attached hydrogen (secondary N) is 1. The minimum absolute atomic E-state index is 0.0355. The highest BCUT2D eigenvalue weighted by Gasteiger charge is 2.48. The largest absolute Gasteiger partial charge is 0.593 e. The number of piperidine rings is 2. The van der Waals surface area contributed by atoms with Crippen molar-refractivity contribution in [3.05, 3.63) is 69.1 Å². The summed E-state index contributed by atoms with van der Waals surface area (Å²) >= 11 is -1.57. The van der Waals surface area contributed by atoms with Crippen LogP contribution in [-0.2, 0) is 22.3 Å². The Hall–Kier alpha value is -3.60. The second kappa shape index (κ2) is 14.8. The fraction of sp³-hybridized carbons (Fsp3) is 0.514. The van der Waals surface area contributed by atoms with Crippen LogP contribution in [0.2, 0.25) is 0 Å². The highest BCUT2D eigenvalue weighted by molar-refractivity contribution is 7.92. The number of rotatable bonds is 9. The quantitative estimate of drug-likeness (QED) is 0.183. The second-order valence-electron chi connectivity index (χ2n) is 13.5. The van der Waals surface area contributed by atoms with Crippen LogP contribution in [0.5, 0.6) is 5.75 Å². The van der Waals surface area contributed by atoms with Crippen LogP contribution in [0.3, 0.4) is 0 Å². The lowest BCUT2D eigenvalue weighted by Gasteiger charge is -2.36. The average molecular weight is 743 g/mol. The van der Waals surface area contributed by atoms with E-state index in [1.165, 1.54) is 11.5 Å². The fourth-order valence-electron chi connectivity index (χ4n) is 6.46. The molecule has 16 heteroatoms. The molecule has 0 aromatic heterocycles. The minimum atomic E-state index is -4.88. The summed E-state index contributed by atoms with van der Waals surface area (Å²) in [7, 11) is 0. The van der Waals surface area contributed by atoms with Gasteiger partial charge < -0.3 is 24.6 Å². The van der Waals surface area contributed by atoms with Gasteiger partial charge in [-0.15, -0.1) is 4.31 Å². The van der Waals surface area contributed by atoms with E-state index >= 15 is 0 Å². The van der Waals surface area contributed by atoms with Crippen molar-refractivity contribution in [2.75, 3.05) is 32.8 Å². The number of alkyl halides is 6. The first kappa shape index (κ1) is 38.6. The number of ether oxygens (including phenoxy) is 1. The maximum Gasteiger partial charge on any atom is 0.419 e. The molecule has 3 heterocycles. The zero-order chi connectivity index (χ0) is 37.4. The monoisotopic (exact) mass is 742 g/mol. The number of carbonyl (C=O) groups excluding carboxylic acids is 2. The lowest BCUT2D eigenvalue weighted by molar-refractivity contribution is -0.141. The lowest BCUT2D eigenvalue weighted by atomic mass is 9.89. The SMILES string of the molecule is Cc1cc(C(=O)N2CCC(C)(O)CC2)cc(C)c1/C=C/[S+]([O-])N1CCC2(CC1)N=C(c1ccc(OCCCC(F)(F)F)c(C(F)(F)F)c1)NC2=O. The molecule has 2 aromatic carbocycles. The number of carbonyl (C=O) groups is 2. The van der Waals surface area contributed by atoms with Gasteiger partial charge in [0.05, 0.1) is 29.1 Å². The summed E-state index contributed by atoms with van der Waals surface area (Å²) in [6.07, 6.45) is -7.96. The molecule has 51 heavy (non-hydrogen) atoms. The fourth-order valence-corrected chi connectivity index (χ4v) is 7.42. The number of hydrogen-bond donors (Lipinski definition) is 2. The van der Waals surface area contributed by atoms with Gasteiger partial charge in [-0.05, 0) is 106 Å². The minimum Gasteiger partial charge on any atom is -0.593 e. The summed E-state index contributed by atoms with van der Waals surface area (Å²) in [6.45, 7) is 6.30. The molecule has 1 atom stereocenters. The molecule has 0 aliphatic carbocycles. The van der Waals surface area contributed by atoms with Gasteiger partial charge in [0.15, 0.2) is 0 Å². The number of hydrogen-bond acceptors (Lipinski definition) is 7. The number of amidine groups is 1. The van der Waals surface area contributed by atoms with Crippen LogP contribution in [0.25, 0.3) is 6.08 Å². The van der Waals surface area contributed by atoms with Crippen LogP contribution in [0.1, 0.15) is 83.6 Å². The van der Waals surface area contributed by atoms with Crippen LogP contribution < -0.4 is 10.1 Å². The van der Waals surface area contributed by atoms with Crippen LogP contribution in [0.15, 0.2) is 40.7 Å². The van der Waals surface area contributed by atoms with Crippen molar-refractivity contribution >= 4 is 35.1 Å². The zero-order valence-corrected chi connectivity index (χ0v) is 29.2. The van der Waals surface area contributed by atoms with Gasteiger partial charge in [0, 0.05) is 43.7 Å². The molecule has 9 nitrogen and oxygen atoms in total. The topological polar surface area (TPSA) is 118 Å². The van der Waals surface area contributed by atoms with E-state index in [1.54, 1.807) is 34.3 Å².